The average Bonchev–Trinajstić information content (AvgIpc) is 2.94. The summed E-state index contributed by atoms with van der Waals surface area (Å²) in [5.41, 5.74) is 4.85. The molecule has 0 aliphatic heterocycles. The molecule has 3 aromatic rings. The Morgan fingerprint density at radius 1 is 0.974 bits per heavy atom. The smallest absolute Gasteiger partial charge is 0.268 e. The Bertz CT molecular complexity index is 1280. The van der Waals surface area contributed by atoms with E-state index in [2.05, 4.69) is 32.8 Å². The predicted molar refractivity (Wildman–Crippen MR) is 148 cm³/mol. The van der Waals surface area contributed by atoms with Crippen LogP contribution in [0.1, 0.15) is 41.4 Å². The van der Waals surface area contributed by atoms with E-state index in [4.69, 9.17) is 5.21 Å². The van der Waals surface area contributed by atoms with E-state index in [-0.39, 0.29) is 25.4 Å². The molecule has 0 bridgehead atoms. The summed E-state index contributed by atoms with van der Waals surface area (Å²) in [5, 5.41) is 26.7. The third kappa shape index (κ3) is 10.0. The van der Waals surface area contributed by atoms with Gasteiger partial charge in [0.2, 0.25) is 5.91 Å². The molecule has 204 valence electrons. The second-order valence-corrected chi connectivity index (χ2v) is 8.41. The van der Waals surface area contributed by atoms with Crippen molar-refractivity contribution in [3.63, 3.8) is 0 Å². The Morgan fingerprint density at radius 3 is 2.18 bits per heavy atom. The van der Waals surface area contributed by atoms with Gasteiger partial charge in [-0.25, -0.2) is 5.48 Å². The van der Waals surface area contributed by atoms with E-state index in [9.17, 15) is 19.5 Å². The van der Waals surface area contributed by atoms with Crippen molar-refractivity contribution in [2.45, 2.75) is 32.9 Å². The number of rotatable bonds is 10. The fraction of sp³-hybridized carbons (Fsp3) is 0.241. The molecule has 0 aliphatic rings. The number of pyridine rings is 1. The summed E-state index contributed by atoms with van der Waals surface area (Å²) in [6, 6.07) is 16.1. The van der Waals surface area contributed by atoms with Crippen molar-refractivity contribution in [1.82, 2.24) is 21.1 Å². The number of benzene rings is 2. The van der Waals surface area contributed by atoms with Crippen LogP contribution < -0.4 is 21.4 Å². The minimum atomic E-state index is -1.30. The number of amides is 3. The maximum Gasteiger partial charge on any atom is 0.268 e. The first-order valence-electron chi connectivity index (χ1n) is 11.9. The lowest BCUT2D eigenvalue weighted by Gasteiger charge is -2.19. The largest absolute Gasteiger partial charge is 0.391 e. The summed E-state index contributed by atoms with van der Waals surface area (Å²) < 4.78 is 0. The summed E-state index contributed by atoms with van der Waals surface area (Å²) >= 11 is 0. The number of aromatic nitrogens is 1. The van der Waals surface area contributed by atoms with Crippen LogP contribution in [-0.2, 0) is 16.0 Å². The average molecular weight is 532 g/mol. The number of nitrogens with one attached hydrogen (secondary N) is 4. The van der Waals surface area contributed by atoms with Crippen molar-refractivity contribution in [2.75, 3.05) is 18.4 Å². The van der Waals surface area contributed by atoms with Gasteiger partial charge < -0.3 is 21.1 Å². The summed E-state index contributed by atoms with van der Waals surface area (Å²) in [4.78, 5) is 40.2. The molecule has 0 spiro atoms. The molecule has 0 aliphatic carbocycles. The molecule has 0 radical (unpaired) electrons. The van der Waals surface area contributed by atoms with Crippen molar-refractivity contribution < 1.29 is 24.7 Å². The van der Waals surface area contributed by atoms with Crippen molar-refractivity contribution in [1.29, 1.82) is 0 Å². The molecule has 1 heterocycles. The van der Waals surface area contributed by atoms with Crippen LogP contribution in [0.25, 0.3) is 0 Å². The lowest BCUT2D eigenvalue weighted by atomic mass is 10.1. The molecule has 6 N–H and O–H groups in total. The van der Waals surface area contributed by atoms with Gasteiger partial charge in [0.1, 0.15) is 6.04 Å². The van der Waals surface area contributed by atoms with Gasteiger partial charge in [-0.05, 0) is 80.1 Å². The molecule has 2 aromatic carbocycles. The van der Waals surface area contributed by atoms with E-state index in [1.54, 1.807) is 60.9 Å². The molecule has 2 atom stereocenters. The molecule has 3 amide bonds. The van der Waals surface area contributed by atoms with Crippen molar-refractivity contribution >= 4 is 23.4 Å². The Kier molecular flexibility index (Phi) is 12.3. The van der Waals surface area contributed by atoms with Gasteiger partial charge in [-0.2, -0.15) is 0 Å². The van der Waals surface area contributed by atoms with Crippen LogP contribution in [0, 0.1) is 11.8 Å². The number of aliphatic hydroxyl groups excluding tert-OH is 1. The minimum absolute atomic E-state index is 0. The standard InChI is InChI=1S/C28H29N5O5.CH4/c1-19(34)26(28(37)33-38)32-27(36)23-10-6-20(7-11-23)4-5-21-8-12-24(13-9-21)31-25(35)18-30-16-14-22-3-2-15-29-17-22;/h2-3,6-13,15,17,19,26,30,34,38H,14,16,18H2,1H3,(H,31,35)(H,32,36)(H,33,37);1H4/t19-,26+;/m1./s1. The van der Waals surface area contributed by atoms with E-state index in [0.29, 0.717) is 17.8 Å². The zero-order chi connectivity index (χ0) is 27.3. The maximum atomic E-state index is 12.4. The van der Waals surface area contributed by atoms with Gasteiger partial charge in [-0.15, -0.1) is 0 Å². The number of hydrogen-bond donors (Lipinski definition) is 6. The van der Waals surface area contributed by atoms with Gasteiger partial charge >= 0.3 is 0 Å². The van der Waals surface area contributed by atoms with Crippen LogP contribution in [0.5, 0.6) is 0 Å². The van der Waals surface area contributed by atoms with Crippen molar-refractivity contribution in [3.05, 3.63) is 95.3 Å². The monoisotopic (exact) mass is 531 g/mol. The van der Waals surface area contributed by atoms with E-state index in [1.807, 2.05) is 12.1 Å². The molecular weight excluding hydrogens is 498 g/mol. The van der Waals surface area contributed by atoms with Crippen LogP contribution in [0.2, 0.25) is 0 Å². The van der Waals surface area contributed by atoms with Crippen LogP contribution in [0.15, 0.2) is 73.1 Å². The Labute approximate surface area is 227 Å². The zero-order valence-corrected chi connectivity index (χ0v) is 20.8. The van der Waals surface area contributed by atoms with E-state index in [1.165, 1.54) is 12.4 Å². The van der Waals surface area contributed by atoms with Crippen LogP contribution in [0.3, 0.4) is 0 Å². The molecule has 3 rings (SSSR count). The second kappa shape index (κ2) is 15.6. The van der Waals surface area contributed by atoms with Crippen LogP contribution in [-0.4, -0.2) is 58.3 Å². The summed E-state index contributed by atoms with van der Waals surface area (Å²) in [6.45, 7) is 2.19. The first-order chi connectivity index (χ1) is 18.4. The quantitative estimate of drug-likeness (QED) is 0.101. The van der Waals surface area contributed by atoms with Gasteiger partial charge in [0.25, 0.3) is 11.8 Å². The number of carbonyl (C=O) groups excluding carboxylic acids is 3. The van der Waals surface area contributed by atoms with Gasteiger partial charge in [-0.1, -0.05) is 25.3 Å². The van der Waals surface area contributed by atoms with Gasteiger partial charge in [-0.3, -0.25) is 24.6 Å². The molecule has 0 saturated heterocycles. The van der Waals surface area contributed by atoms with E-state index < -0.39 is 24.0 Å². The van der Waals surface area contributed by atoms with Gasteiger partial charge in [0.05, 0.1) is 12.6 Å². The fourth-order valence-corrected chi connectivity index (χ4v) is 3.37. The molecular formula is C29H33N5O5. The number of anilines is 1. The van der Waals surface area contributed by atoms with Crippen LogP contribution in [0.4, 0.5) is 5.69 Å². The first-order valence-corrected chi connectivity index (χ1v) is 11.9. The highest BCUT2D eigenvalue weighted by molar-refractivity contribution is 5.97. The highest BCUT2D eigenvalue weighted by atomic mass is 16.5. The highest BCUT2D eigenvalue weighted by Gasteiger charge is 2.25. The number of carbonyl (C=O) groups is 3. The summed E-state index contributed by atoms with van der Waals surface area (Å²) in [5.74, 6) is 4.38. The summed E-state index contributed by atoms with van der Waals surface area (Å²) in [7, 11) is 0. The second-order valence-electron chi connectivity index (χ2n) is 8.41. The third-order valence-corrected chi connectivity index (χ3v) is 5.43. The lowest BCUT2D eigenvalue weighted by Crippen LogP contribution is -2.51. The molecule has 10 nitrogen and oxygen atoms in total. The zero-order valence-electron chi connectivity index (χ0n) is 20.8. The molecule has 10 heteroatoms. The Morgan fingerprint density at radius 2 is 1.62 bits per heavy atom. The molecule has 0 unspecified atom stereocenters. The molecule has 0 saturated carbocycles. The van der Waals surface area contributed by atoms with E-state index >= 15 is 0 Å². The van der Waals surface area contributed by atoms with Gasteiger partial charge in [0, 0.05) is 34.8 Å². The van der Waals surface area contributed by atoms with E-state index in [0.717, 1.165) is 17.5 Å². The number of hydroxylamine groups is 1. The summed E-state index contributed by atoms with van der Waals surface area (Å²) in [6.07, 6.45) is 3.12. The Hall–Kier alpha value is -4.56. The lowest BCUT2D eigenvalue weighted by molar-refractivity contribution is -0.133. The maximum absolute atomic E-state index is 12.4. The molecule has 0 fully saturated rings. The third-order valence-electron chi connectivity index (χ3n) is 5.43. The minimum Gasteiger partial charge on any atom is -0.391 e. The topological polar surface area (TPSA) is 153 Å². The normalized spacial score (nSPS) is 11.6. The highest BCUT2D eigenvalue weighted by Crippen LogP contribution is 2.10. The van der Waals surface area contributed by atoms with Crippen molar-refractivity contribution in [2.24, 2.45) is 0 Å². The van der Waals surface area contributed by atoms with Gasteiger partial charge in [0.15, 0.2) is 0 Å². The predicted octanol–water partition coefficient (Wildman–Crippen LogP) is 1.87. The fourth-order valence-electron chi connectivity index (χ4n) is 3.37. The van der Waals surface area contributed by atoms with Crippen LogP contribution >= 0.6 is 0 Å². The number of nitrogens with zero attached hydrogens (tertiary/aromatic N) is 1. The first kappa shape index (κ1) is 30.7. The SMILES string of the molecule is C.C[C@@H](O)[C@H](NC(=O)c1ccc(C#Cc2ccc(NC(=O)CNCCc3cccnc3)cc2)cc1)C(=O)NO. The molecule has 39 heavy (non-hydrogen) atoms. The molecule has 1 aromatic heterocycles. The number of aliphatic hydroxyl groups is 1. The number of hydrogen-bond acceptors (Lipinski definition) is 7. The Balaban J connectivity index is 0.00000533. The van der Waals surface area contributed by atoms with Crippen molar-refractivity contribution in [3.8, 4) is 11.8 Å².